The maximum absolute atomic E-state index is 12.7. The van der Waals surface area contributed by atoms with E-state index in [2.05, 4.69) is 10.4 Å². The molecule has 7 heteroatoms. The molecule has 1 aliphatic rings. The van der Waals surface area contributed by atoms with E-state index in [1.54, 1.807) is 11.3 Å². The van der Waals surface area contributed by atoms with Crippen LogP contribution in [0.3, 0.4) is 0 Å². The van der Waals surface area contributed by atoms with Gasteiger partial charge in [0.05, 0.1) is 16.3 Å². The van der Waals surface area contributed by atoms with Crippen molar-refractivity contribution < 1.29 is 4.79 Å². The van der Waals surface area contributed by atoms with Crippen molar-refractivity contribution in [1.29, 1.82) is 0 Å². The second kappa shape index (κ2) is 8.69. The highest BCUT2D eigenvalue weighted by atomic mass is 35.5. The number of benzene rings is 1. The molecule has 3 aromatic rings. The summed E-state index contributed by atoms with van der Waals surface area (Å²) in [6, 6.07) is 16.3. The number of hydrogen-bond acceptors (Lipinski definition) is 4. The smallest absolute Gasteiger partial charge is 0.272 e. The van der Waals surface area contributed by atoms with Crippen LogP contribution in [-0.2, 0) is 0 Å². The molecule has 0 radical (unpaired) electrons. The minimum atomic E-state index is -0.113. The molecule has 1 saturated carbocycles. The fourth-order valence-corrected chi connectivity index (χ4v) is 4.11. The Morgan fingerprint density at radius 3 is 2.52 bits per heavy atom. The van der Waals surface area contributed by atoms with Gasteiger partial charge in [-0.15, -0.1) is 23.7 Å². The molecular formula is C20H23ClN4OS. The van der Waals surface area contributed by atoms with Gasteiger partial charge in [0.1, 0.15) is 0 Å². The predicted octanol–water partition coefficient (Wildman–Crippen LogP) is 4.02. The number of thiophene rings is 1. The molecule has 3 N–H and O–H groups in total. The van der Waals surface area contributed by atoms with Crippen molar-refractivity contribution in [2.24, 2.45) is 5.73 Å². The Bertz CT molecular complexity index is 871. The molecule has 0 unspecified atom stereocenters. The van der Waals surface area contributed by atoms with Crippen molar-refractivity contribution in [2.45, 2.75) is 37.8 Å². The van der Waals surface area contributed by atoms with Crippen LogP contribution in [-0.4, -0.2) is 27.8 Å². The Balaban J connectivity index is 0.00000210. The van der Waals surface area contributed by atoms with E-state index in [0.717, 1.165) is 41.9 Å². The highest BCUT2D eigenvalue weighted by Crippen LogP contribution is 2.28. The van der Waals surface area contributed by atoms with Crippen molar-refractivity contribution in [3.8, 4) is 16.3 Å². The first-order chi connectivity index (χ1) is 12.7. The third kappa shape index (κ3) is 4.40. The topological polar surface area (TPSA) is 72.9 Å². The molecule has 0 saturated heterocycles. The zero-order chi connectivity index (χ0) is 17.9. The Morgan fingerprint density at radius 1 is 1.11 bits per heavy atom. The molecule has 0 aliphatic heterocycles. The Labute approximate surface area is 169 Å². The van der Waals surface area contributed by atoms with E-state index in [0.29, 0.717) is 5.69 Å². The van der Waals surface area contributed by atoms with Gasteiger partial charge >= 0.3 is 0 Å². The monoisotopic (exact) mass is 402 g/mol. The largest absolute Gasteiger partial charge is 0.348 e. The van der Waals surface area contributed by atoms with Crippen molar-refractivity contribution in [2.75, 3.05) is 0 Å². The number of nitrogens with one attached hydrogen (secondary N) is 1. The summed E-state index contributed by atoms with van der Waals surface area (Å²) in [5, 5.41) is 9.76. The first-order valence-corrected chi connectivity index (χ1v) is 9.84. The van der Waals surface area contributed by atoms with Crippen LogP contribution in [0.15, 0.2) is 53.9 Å². The molecule has 5 nitrogen and oxygen atoms in total. The van der Waals surface area contributed by atoms with Crippen molar-refractivity contribution >= 4 is 29.7 Å². The van der Waals surface area contributed by atoms with E-state index in [1.165, 1.54) is 0 Å². The maximum Gasteiger partial charge on any atom is 0.272 e. The number of nitrogens with two attached hydrogens (primary N) is 1. The van der Waals surface area contributed by atoms with E-state index in [1.807, 2.05) is 58.6 Å². The number of para-hydroxylation sites is 1. The fourth-order valence-electron chi connectivity index (χ4n) is 3.38. The van der Waals surface area contributed by atoms with Crippen LogP contribution < -0.4 is 11.1 Å². The van der Waals surface area contributed by atoms with Crippen LogP contribution in [0.25, 0.3) is 16.3 Å². The first-order valence-electron chi connectivity index (χ1n) is 8.96. The van der Waals surface area contributed by atoms with Crippen LogP contribution >= 0.6 is 23.7 Å². The molecule has 2 heterocycles. The lowest BCUT2D eigenvalue weighted by Gasteiger charge is -2.26. The second-order valence-corrected chi connectivity index (χ2v) is 7.67. The van der Waals surface area contributed by atoms with E-state index < -0.39 is 0 Å². The lowest BCUT2D eigenvalue weighted by Crippen LogP contribution is -2.40. The maximum atomic E-state index is 12.7. The zero-order valence-electron chi connectivity index (χ0n) is 14.9. The average molecular weight is 403 g/mol. The van der Waals surface area contributed by atoms with Gasteiger partial charge in [-0.1, -0.05) is 24.3 Å². The van der Waals surface area contributed by atoms with Crippen LogP contribution in [0.5, 0.6) is 0 Å². The highest BCUT2D eigenvalue weighted by molar-refractivity contribution is 7.13. The molecule has 1 fully saturated rings. The minimum absolute atomic E-state index is 0. The number of carbonyl (C=O) groups is 1. The average Bonchev–Trinajstić information content (AvgIpc) is 3.34. The van der Waals surface area contributed by atoms with E-state index >= 15 is 0 Å². The number of rotatable bonds is 4. The van der Waals surface area contributed by atoms with Gasteiger partial charge in [-0.3, -0.25) is 4.79 Å². The Morgan fingerprint density at radius 2 is 1.85 bits per heavy atom. The summed E-state index contributed by atoms with van der Waals surface area (Å²) >= 11 is 1.64. The summed E-state index contributed by atoms with van der Waals surface area (Å²) in [5.41, 5.74) is 8.28. The summed E-state index contributed by atoms with van der Waals surface area (Å²) < 4.78 is 1.84. The molecule has 142 valence electrons. The molecular weight excluding hydrogens is 380 g/mol. The second-order valence-electron chi connectivity index (χ2n) is 6.72. The summed E-state index contributed by atoms with van der Waals surface area (Å²) in [7, 11) is 0. The van der Waals surface area contributed by atoms with Crippen LogP contribution in [0.1, 0.15) is 36.2 Å². The molecule has 27 heavy (non-hydrogen) atoms. The summed E-state index contributed by atoms with van der Waals surface area (Å²) in [5.74, 6) is -0.113. The summed E-state index contributed by atoms with van der Waals surface area (Å²) in [4.78, 5) is 13.8. The molecule has 0 bridgehead atoms. The van der Waals surface area contributed by atoms with Crippen LogP contribution in [0.2, 0.25) is 0 Å². The first kappa shape index (κ1) is 19.6. The molecule has 2 aromatic heterocycles. The number of amides is 1. The van der Waals surface area contributed by atoms with Gasteiger partial charge in [-0.05, 0) is 55.3 Å². The number of halogens is 1. The number of hydrogen-bond donors (Lipinski definition) is 2. The molecule has 0 spiro atoms. The van der Waals surface area contributed by atoms with E-state index in [9.17, 15) is 4.79 Å². The van der Waals surface area contributed by atoms with Gasteiger partial charge in [0.2, 0.25) is 0 Å². The predicted molar refractivity (Wildman–Crippen MR) is 112 cm³/mol. The normalized spacial score (nSPS) is 19.3. The van der Waals surface area contributed by atoms with Gasteiger partial charge in [0, 0.05) is 12.1 Å². The number of aromatic nitrogens is 2. The van der Waals surface area contributed by atoms with Crippen molar-refractivity contribution in [1.82, 2.24) is 15.1 Å². The van der Waals surface area contributed by atoms with Gasteiger partial charge in [-0.2, -0.15) is 5.10 Å². The molecule has 1 amide bonds. The molecule has 1 aliphatic carbocycles. The molecule has 0 atom stereocenters. The Kier molecular flexibility index (Phi) is 6.31. The Hall–Kier alpha value is -2.15. The van der Waals surface area contributed by atoms with Gasteiger partial charge < -0.3 is 11.1 Å². The quantitative estimate of drug-likeness (QED) is 0.692. The van der Waals surface area contributed by atoms with Crippen LogP contribution in [0.4, 0.5) is 0 Å². The third-order valence-corrected chi connectivity index (χ3v) is 5.72. The number of carbonyl (C=O) groups excluding carboxylic acids is 1. The van der Waals surface area contributed by atoms with Gasteiger partial charge in [0.15, 0.2) is 5.69 Å². The van der Waals surface area contributed by atoms with Gasteiger partial charge in [-0.25, -0.2) is 4.68 Å². The lowest BCUT2D eigenvalue weighted by molar-refractivity contribution is 0.0920. The van der Waals surface area contributed by atoms with Crippen molar-refractivity contribution in [3.63, 3.8) is 0 Å². The number of nitrogens with zero attached hydrogens (tertiary/aromatic N) is 2. The van der Waals surface area contributed by atoms with E-state index in [4.69, 9.17) is 5.73 Å². The fraction of sp³-hybridized carbons (Fsp3) is 0.300. The van der Waals surface area contributed by atoms with Crippen LogP contribution in [0, 0.1) is 0 Å². The standard InChI is InChI=1S/C20H22N4OS.ClH/c21-14-8-10-15(11-9-14)22-20(25)17-13-18(19-7-4-12-26-19)24(23-17)16-5-2-1-3-6-16;/h1-7,12-15H,8-11,21H2,(H,22,25);1H. The summed E-state index contributed by atoms with van der Waals surface area (Å²) in [6.07, 6.45) is 3.79. The zero-order valence-corrected chi connectivity index (χ0v) is 16.5. The van der Waals surface area contributed by atoms with Gasteiger partial charge in [0.25, 0.3) is 5.91 Å². The lowest BCUT2D eigenvalue weighted by atomic mass is 9.92. The van der Waals surface area contributed by atoms with Crippen molar-refractivity contribution in [3.05, 3.63) is 59.6 Å². The molecule has 4 rings (SSSR count). The third-order valence-electron chi connectivity index (χ3n) is 4.82. The minimum Gasteiger partial charge on any atom is -0.348 e. The molecule has 1 aromatic carbocycles. The highest BCUT2D eigenvalue weighted by Gasteiger charge is 2.23. The summed E-state index contributed by atoms with van der Waals surface area (Å²) in [6.45, 7) is 0. The van der Waals surface area contributed by atoms with E-state index in [-0.39, 0.29) is 30.4 Å². The SMILES string of the molecule is Cl.NC1CCC(NC(=O)c2cc(-c3cccs3)n(-c3ccccc3)n2)CC1.